The summed E-state index contributed by atoms with van der Waals surface area (Å²) >= 11 is 0. The first-order valence-corrected chi connectivity index (χ1v) is 5.53. The molecule has 1 N–H and O–H groups in total. The summed E-state index contributed by atoms with van der Waals surface area (Å²) in [5, 5.41) is 5.49. The van der Waals surface area contributed by atoms with Crippen LogP contribution >= 0.6 is 0 Å². The molecule has 0 saturated heterocycles. The zero-order valence-electron chi connectivity index (χ0n) is 9.64. The highest BCUT2D eigenvalue weighted by Gasteiger charge is 2.04. The molecule has 0 unspecified atom stereocenters. The molecule has 0 radical (unpaired) electrons. The first-order valence-electron chi connectivity index (χ1n) is 5.53. The van der Waals surface area contributed by atoms with E-state index in [1.54, 1.807) is 0 Å². The van der Waals surface area contributed by atoms with Gasteiger partial charge in [0.15, 0.2) is 0 Å². The van der Waals surface area contributed by atoms with E-state index in [1.807, 2.05) is 36.3 Å². The number of nitrogens with zero attached hydrogens (tertiary/aromatic N) is 2. The van der Waals surface area contributed by atoms with Gasteiger partial charge in [-0.1, -0.05) is 12.7 Å². The van der Waals surface area contributed by atoms with Crippen LogP contribution in [0.1, 0.15) is 11.1 Å². The number of aromatic amines is 1. The fraction of sp³-hybridized carbons (Fsp3) is 0.0714. The molecule has 0 aliphatic heterocycles. The molecule has 3 heteroatoms. The second kappa shape index (κ2) is 3.63. The number of rotatable bonds is 2. The van der Waals surface area contributed by atoms with Crippen molar-refractivity contribution in [3.05, 3.63) is 54.5 Å². The van der Waals surface area contributed by atoms with Crippen LogP contribution in [0.3, 0.4) is 0 Å². The highest BCUT2D eigenvalue weighted by Crippen LogP contribution is 2.22. The van der Waals surface area contributed by atoms with Crippen molar-refractivity contribution in [1.29, 1.82) is 0 Å². The minimum absolute atomic E-state index is 1.06. The normalized spacial score (nSPS) is 10.9. The lowest BCUT2D eigenvalue weighted by Crippen LogP contribution is -1.93. The topological polar surface area (TPSA) is 33.6 Å². The van der Waals surface area contributed by atoms with E-state index in [4.69, 9.17) is 0 Å². The molecule has 3 rings (SSSR count). The number of hydrogen-bond acceptors (Lipinski definition) is 1. The molecule has 0 atom stereocenters. The van der Waals surface area contributed by atoms with Crippen molar-refractivity contribution in [3.63, 3.8) is 0 Å². The number of aryl methyl sites for hydroxylation is 1. The van der Waals surface area contributed by atoms with Gasteiger partial charge in [-0.3, -0.25) is 0 Å². The van der Waals surface area contributed by atoms with Gasteiger partial charge in [-0.25, -0.2) is 4.68 Å². The fourth-order valence-corrected chi connectivity index (χ4v) is 2.00. The van der Waals surface area contributed by atoms with Gasteiger partial charge in [0, 0.05) is 23.3 Å². The highest BCUT2D eigenvalue weighted by molar-refractivity contribution is 5.90. The summed E-state index contributed by atoms with van der Waals surface area (Å²) in [5.74, 6) is 0. The van der Waals surface area contributed by atoms with Gasteiger partial charge < -0.3 is 4.98 Å². The van der Waals surface area contributed by atoms with Crippen molar-refractivity contribution in [2.75, 3.05) is 0 Å². The Balaban J connectivity index is 2.21. The quantitative estimate of drug-likeness (QED) is 0.710. The maximum absolute atomic E-state index is 4.31. The Hall–Kier alpha value is -2.29. The molecule has 0 aliphatic carbocycles. The Labute approximate surface area is 99.4 Å². The van der Waals surface area contributed by atoms with E-state index in [0.29, 0.717) is 0 Å². The molecule has 17 heavy (non-hydrogen) atoms. The SMILES string of the molecule is C=Cc1c[nH]c2ccc(-n3cc(C)cn3)cc12. The molecular weight excluding hydrogens is 210 g/mol. The summed E-state index contributed by atoms with van der Waals surface area (Å²) in [4.78, 5) is 3.22. The van der Waals surface area contributed by atoms with Crippen molar-refractivity contribution < 1.29 is 0 Å². The molecule has 0 bridgehead atoms. The maximum Gasteiger partial charge on any atom is 0.0653 e. The Morgan fingerprint density at radius 1 is 1.41 bits per heavy atom. The van der Waals surface area contributed by atoms with Gasteiger partial charge in [-0.05, 0) is 36.2 Å². The zero-order valence-corrected chi connectivity index (χ0v) is 9.64. The van der Waals surface area contributed by atoms with Crippen molar-refractivity contribution >= 4 is 17.0 Å². The van der Waals surface area contributed by atoms with Gasteiger partial charge >= 0.3 is 0 Å². The summed E-state index contributed by atoms with van der Waals surface area (Å²) in [6.07, 6.45) is 7.70. The number of nitrogens with one attached hydrogen (secondary N) is 1. The molecule has 84 valence electrons. The summed E-state index contributed by atoms with van der Waals surface area (Å²) in [6, 6.07) is 6.24. The second-order valence-corrected chi connectivity index (χ2v) is 4.14. The number of H-pyrrole nitrogens is 1. The highest BCUT2D eigenvalue weighted by atomic mass is 15.3. The molecule has 0 fully saturated rings. The minimum Gasteiger partial charge on any atom is -0.361 e. The predicted octanol–water partition coefficient (Wildman–Crippen LogP) is 3.31. The van der Waals surface area contributed by atoms with Gasteiger partial charge in [0.2, 0.25) is 0 Å². The van der Waals surface area contributed by atoms with Gasteiger partial charge in [-0.2, -0.15) is 5.10 Å². The molecule has 2 aromatic heterocycles. The van der Waals surface area contributed by atoms with Gasteiger partial charge in [0.25, 0.3) is 0 Å². The molecule has 1 aromatic carbocycles. The Bertz CT molecular complexity index is 688. The third-order valence-corrected chi connectivity index (χ3v) is 2.89. The lowest BCUT2D eigenvalue weighted by Gasteiger charge is -2.01. The molecule has 3 nitrogen and oxygen atoms in total. The largest absolute Gasteiger partial charge is 0.361 e. The van der Waals surface area contributed by atoms with Crippen LogP contribution in [0.4, 0.5) is 0 Å². The summed E-state index contributed by atoms with van der Waals surface area (Å²) in [7, 11) is 0. The fourth-order valence-electron chi connectivity index (χ4n) is 2.00. The van der Waals surface area contributed by atoms with Crippen LogP contribution in [0.15, 0.2) is 43.4 Å². The third-order valence-electron chi connectivity index (χ3n) is 2.89. The smallest absolute Gasteiger partial charge is 0.0653 e. The lowest BCUT2D eigenvalue weighted by atomic mass is 10.1. The summed E-state index contributed by atoms with van der Waals surface area (Å²) < 4.78 is 1.88. The first kappa shape index (κ1) is 9.90. The zero-order chi connectivity index (χ0) is 11.8. The van der Waals surface area contributed by atoms with Gasteiger partial charge in [0.05, 0.1) is 11.9 Å². The van der Waals surface area contributed by atoms with Crippen LogP contribution in [0.2, 0.25) is 0 Å². The standard InChI is InChI=1S/C14H13N3/c1-3-11-8-15-14-5-4-12(6-13(11)14)17-9-10(2)7-16-17/h3-9,15H,1H2,2H3. The van der Waals surface area contributed by atoms with E-state index in [0.717, 1.165) is 22.3 Å². The number of hydrogen-bond donors (Lipinski definition) is 1. The second-order valence-electron chi connectivity index (χ2n) is 4.14. The van der Waals surface area contributed by atoms with Crippen LogP contribution in [0, 0.1) is 6.92 Å². The van der Waals surface area contributed by atoms with Crippen molar-refractivity contribution in [1.82, 2.24) is 14.8 Å². The van der Waals surface area contributed by atoms with Crippen molar-refractivity contribution in [2.24, 2.45) is 0 Å². The third kappa shape index (κ3) is 1.56. The summed E-state index contributed by atoms with van der Waals surface area (Å²) in [6.45, 7) is 5.85. The number of fused-ring (bicyclic) bond motifs is 1. The van der Waals surface area contributed by atoms with E-state index in [1.165, 1.54) is 5.39 Å². The summed E-state index contributed by atoms with van der Waals surface area (Å²) in [5.41, 5.74) is 4.45. The van der Waals surface area contributed by atoms with Crippen LogP contribution < -0.4 is 0 Å². The number of benzene rings is 1. The van der Waals surface area contributed by atoms with Crippen LogP contribution in [-0.2, 0) is 0 Å². The van der Waals surface area contributed by atoms with Crippen LogP contribution in [-0.4, -0.2) is 14.8 Å². The molecule has 2 heterocycles. The molecule has 0 amide bonds. The molecule has 0 aliphatic rings. The molecule has 0 saturated carbocycles. The predicted molar refractivity (Wildman–Crippen MR) is 70.2 cm³/mol. The van der Waals surface area contributed by atoms with Crippen molar-refractivity contribution in [2.45, 2.75) is 6.92 Å². The Morgan fingerprint density at radius 3 is 3.00 bits per heavy atom. The van der Waals surface area contributed by atoms with Crippen LogP contribution in [0.25, 0.3) is 22.7 Å². The molecule has 0 spiro atoms. The minimum atomic E-state index is 1.06. The maximum atomic E-state index is 4.31. The average molecular weight is 223 g/mol. The molecular formula is C14H13N3. The monoisotopic (exact) mass is 223 g/mol. The van der Waals surface area contributed by atoms with E-state index < -0.39 is 0 Å². The van der Waals surface area contributed by atoms with Gasteiger partial charge in [0.1, 0.15) is 0 Å². The van der Waals surface area contributed by atoms with E-state index in [2.05, 4.69) is 34.9 Å². The lowest BCUT2D eigenvalue weighted by molar-refractivity contribution is 0.882. The van der Waals surface area contributed by atoms with E-state index in [9.17, 15) is 0 Å². The van der Waals surface area contributed by atoms with E-state index in [-0.39, 0.29) is 0 Å². The van der Waals surface area contributed by atoms with Gasteiger partial charge in [-0.15, -0.1) is 0 Å². The van der Waals surface area contributed by atoms with Crippen LogP contribution in [0.5, 0.6) is 0 Å². The van der Waals surface area contributed by atoms with Crippen molar-refractivity contribution in [3.8, 4) is 5.69 Å². The average Bonchev–Trinajstić information content (AvgIpc) is 2.94. The molecule has 3 aromatic rings. The first-order chi connectivity index (χ1) is 8.28. The Morgan fingerprint density at radius 2 is 2.29 bits per heavy atom. The number of aromatic nitrogens is 3. The Kier molecular flexibility index (Phi) is 2.11. The van der Waals surface area contributed by atoms with E-state index >= 15 is 0 Å².